The lowest BCUT2D eigenvalue weighted by Crippen LogP contribution is -2.59. The number of hydrogen-bond acceptors (Lipinski definition) is 6. The Balaban J connectivity index is 1.92. The minimum Gasteiger partial charge on any atom is -0.415 e. The molecule has 10 heteroatoms. The summed E-state index contributed by atoms with van der Waals surface area (Å²) in [5.41, 5.74) is 1.09. The van der Waals surface area contributed by atoms with E-state index in [1.807, 2.05) is 20.0 Å². The molecule has 0 saturated carbocycles. The molecule has 0 aromatic carbocycles. The molecule has 2 heterocycles. The predicted molar refractivity (Wildman–Crippen MR) is 100 cm³/mol. The van der Waals surface area contributed by atoms with Gasteiger partial charge in [-0.05, 0) is 45.6 Å². The Hall–Kier alpha value is 0.368. The molecule has 3 atom stereocenters. The Morgan fingerprint density at radius 2 is 1.83 bits per heavy atom. The molecule has 0 N–H and O–H groups in total. The Morgan fingerprint density at radius 3 is 2.42 bits per heavy atom. The third-order valence-electron chi connectivity index (χ3n) is 3.69. The highest BCUT2D eigenvalue weighted by atomic mass is 28.5. The van der Waals surface area contributed by atoms with Gasteiger partial charge in [-0.15, -0.1) is 6.58 Å². The minimum absolute atomic E-state index is 0.315. The van der Waals surface area contributed by atoms with Gasteiger partial charge in [-0.25, -0.2) is 0 Å². The molecule has 0 aromatic heterocycles. The fraction of sp³-hybridized carbons (Fsp3) is 0.857. The Morgan fingerprint density at radius 1 is 1.21 bits per heavy atom. The normalized spacial score (nSPS) is 35.5. The standard InChI is InChI=1S/C14H30O6Si4/c1-13(2)12-24(6)19-22(4)17-21(3)18-23(5,20-24)9-7-8-15-10-14-11-16-14/h14H,1,7-12H2,2-6H3. The highest BCUT2D eigenvalue weighted by Gasteiger charge is 2.47. The first-order valence-electron chi connectivity index (χ1n) is 8.47. The van der Waals surface area contributed by atoms with Gasteiger partial charge in [-0.2, -0.15) is 0 Å². The first-order chi connectivity index (χ1) is 11.2. The average molecular weight is 407 g/mol. The number of allylic oxidation sites excluding steroid dienone is 1. The van der Waals surface area contributed by atoms with Gasteiger partial charge >= 0.3 is 35.7 Å². The third-order valence-corrected chi connectivity index (χ3v) is 17.7. The SMILES string of the molecule is C=C(C)C[Si]1(C)O[Si](C)O[Si](C)O[Si](C)(CCCOCC2CO2)O1. The van der Waals surface area contributed by atoms with E-state index in [-0.39, 0.29) is 0 Å². The van der Waals surface area contributed by atoms with Crippen LogP contribution in [0.2, 0.25) is 38.3 Å². The van der Waals surface area contributed by atoms with Crippen LogP contribution in [0.4, 0.5) is 0 Å². The van der Waals surface area contributed by atoms with Crippen molar-refractivity contribution in [1.29, 1.82) is 0 Å². The molecule has 2 fully saturated rings. The summed E-state index contributed by atoms with van der Waals surface area (Å²) < 4.78 is 36.0. The molecule has 2 aliphatic heterocycles. The summed E-state index contributed by atoms with van der Waals surface area (Å²) in [6.45, 7) is 16.6. The monoisotopic (exact) mass is 406 g/mol. The number of rotatable bonds is 8. The van der Waals surface area contributed by atoms with E-state index in [0.29, 0.717) is 19.3 Å². The van der Waals surface area contributed by atoms with Crippen LogP contribution in [0.5, 0.6) is 0 Å². The van der Waals surface area contributed by atoms with Crippen molar-refractivity contribution in [2.45, 2.75) is 57.7 Å². The van der Waals surface area contributed by atoms with Crippen LogP contribution in [-0.4, -0.2) is 61.6 Å². The van der Waals surface area contributed by atoms with E-state index in [2.05, 4.69) is 19.7 Å². The molecular weight excluding hydrogens is 376 g/mol. The molecule has 0 bridgehead atoms. The quantitative estimate of drug-likeness (QED) is 0.267. The first-order valence-corrected chi connectivity index (χ1v) is 17.1. The van der Waals surface area contributed by atoms with Crippen LogP contribution in [0, 0.1) is 0 Å². The van der Waals surface area contributed by atoms with Gasteiger partial charge < -0.3 is 25.9 Å². The van der Waals surface area contributed by atoms with Crippen LogP contribution >= 0.6 is 0 Å². The summed E-state index contributed by atoms with van der Waals surface area (Å²) in [6, 6.07) is 1.67. The average Bonchev–Trinajstić information content (AvgIpc) is 3.18. The molecular formula is C14H30O6Si4. The molecule has 2 saturated heterocycles. The van der Waals surface area contributed by atoms with Crippen LogP contribution < -0.4 is 0 Å². The molecule has 0 spiro atoms. The second-order valence-electron chi connectivity index (χ2n) is 6.93. The van der Waals surface area contributed by atoms with Crippen molar-refractivity contribution in [2.75, 3.05) is 19.8 Å². The first kappa shape index (κ1) is 20.7. The summed E-state index contributed by atoms with van der Waals surface area (Å²) in [4.78, 5) is 0. The summed E-state index contributed by atoms with van der Waals surface area (Å²) in [7, 11) is -7.39. The van der Waals surface area contributed by atoms with E-state index in [4.69, 9.17) is 25.9 Å². The largest absolute Gasteiger partial charge is 0.415 e. The molecule has 3 unspecified atom stereocenters. The van der Waals surface area contributed by atoms with Crippen molar-refractivity contribution >= 4 is 35.7 Å². The maximum Gasteiger partial charge on any atom is 0.362 e. The molecule has 2 rings (SSSR count). The molecule has 2 radical (unpaired) electrons. The summed E-state index contributed by atoms with van der Waals surface area (Å²) in [5, 5.41) is 0. The van der Waals surface area contributed by atoms with Crippen molar-refractivity contribution in [2.24, 2.45) is 0 Å². The van der Waals surface area contributed by atoms with E-state index in [9.17, 15) is 0 Å². The summed E-state index contributed by atoms with van der Waals surface area (Å²) >= 11 is 0. The van der Waals surface area contributed by atoms with E-state index < -0.39 is 35.7 Å². The van der Waals surface area contributed by atoms with Gasteiger partial charge in [-0.1, -0.05) is 5.57 Å². The molecule has 0 aliphatic carbocycles. The molecule has 24 heavy (non-hydrogen) atoms. The highest BCUT2D eigenvalue weighted by Crippen LogP contribution is 2.30. The van der Waals surface area contributed by atoms with Crippen LogP contribution in [0.1, 0.15) is 13.3 Å². The van der Waals surface area contributed by atoms with E-state index in [1.54, 1.807) is 0 Å². The Bertz CT molecular complexity index is 437. The van der Waals surface area contributed by atoms with Crippen molar-refractivity contribution in [1.82, 2.24) is 0 Å². The maximum absolute atomic E-state index is 6.62. The Kier molecular flexibility index (Phi) is 7.62. The third kappa shape index (κ3) is 7.31. The lowest BCUT2D eigenvalue weighted by atomic mass is 10.4. The van der Waals surface area contributed by atoms with Gasteiger partial charge in [0, 0.05) is 12.7 Å². The molecule has 6 nitrogen and oxygen atoms in total. The predicted octanol–water partition coefficient (Wildman–Crippen LogP) is 2.83. The van der Waals surface area contributed by atoms with Gasteiger partial charge in [0.25, 0.3) is 0 Å². The molecule has 0 amide bonds. The molecule has 138 valence electrons. The zero-order valence-electron chi connectivity index (χ0n) is 15.5. The van der Waals surface area contributed by atoms with Crippen molar-refractivity contribution in [3.8, 4) is 0 Å². The van der Waals surface area contributed by atoms with Gasteiger partial charge in [0.05, 0.1) is 13.2 Å². The van der Waals surface area contributed by atoms with Crippen molar-refractivity contribution in [3.05, 3.63) is 12.2 Å². The lowest BCUT2D eigenvalue weighted by Gasteiger charge is -2.42. The topological polar surface area (TPSA) is 58.7 Å². The Labute approximate surface area is 151 Å². The van der Waals surface area contributed by atoms with Gasteiger partial charge in [0.1, 0.15) is 6.10 Å². The van der Waals surface area contributed by atoms with E-state index in [0.717, 1.165) is 30.7 Å². The highest BCUT2D eigenvalue weighted by molar-refractivity contribution is 6.87. The van der Waals surface area contributed by atoms with Crippen molar-refractivity contribution < 1.29 is 25.9 Å². The van der Waals surface area contributed by atoms with Crippen LogP contribution in [0.25, 0.3) is 0 Å². The summed E-state index contributed by atoms with van der Waals surface area (Å²) in [5.74, 6) is 0. The van der Waals surface area contributed by atoms with Crippen LogP contribution in [0.3, 0.4) is 0 Å². The minimum atomic E-state index is -2.37. The van der Waals surface area contributed by atoms with Crippen molar-refractivity contribution in [3.63, 3.8) is 0 Å². The van der Waals surface area contributed by atoms with Gasteiger partial charge in [0.2, 0.25) is 0 Å². The maximum atomic E-state index is 6.62. The zero-order valence-corrected chi connectivity index (χ0v) is 19.5. The lowest BCUT2D eigenvalue weighted by molar-refractivity contribution is 0.115. The van der Waals surface area contributed by atoms with E-state index >= 15 is 0 Å². The van der Waals surface area contributed by atoms with Crippen LogP contribution in [-0.2, 0) is 25.9 Å². The smallest absolute Gasteiger partial charge is 0.362 e. The fourth-order valence-electron chi connectivity index (χ4n) is 2.95. The van der Waals surface area contributed by atoms with Gasteiger partial charge in [-0.3, -0.25) is 0 Å². The molecule has 0 aromatic rings. The summed E-state index contributed by atoms with van der Waals surface area (Å²) in [6.07, 6.45) is 1.24. The number of ether oxygens (including phenoxy) is 2. The number of epoxide rings is 1. The second kappa shape index (κ2) is 8.84. The zero-order chi connectivity index (χ0) is 17.8. The molecule has 2 aliphatic rings. The van der Waals surface area contributed by atoms with Crippen LogP contribution in [0.15, 0.2) is 12.2 Å². The van der Waals surface area contributed by atoms with Gasteiger partial charge in [0.15, 0.2) is 0 Å². The van der Waals surface area contributed by atoms with E-state index in [1.165, 1.54) is 0 Å². The second-order valence-corrected chi connectivity index (χ2v) is 17.5. The fourth-order valence-corrected chi connectivity index (χ4v) is 18.5. The number of hydrogen-bond donors (Lipinski definition) is 0.